The van der Waals surface area contributed by atoms with Gasteiger partial charge in [0.05, 0.1) is 12.7 Å². The highest BCUT2D eigenvalue weighted by molar-refractivity contribution is 5.93. The topological polar surface area (TPSA) is 163 Å². The number of amides is 1. The fourth-order valence-electron chi connectivity index (χ4n) is 1.48. The lowest BCUT2D eigenvalue weighted by molar-refractivity contribution is -0.137. The number of carbonyl (C=O) groups is 2. The molecule has 0 aliphatic heterocycles. The lowest BCUT2D eigenvalue weighted by Gasteiger charge is -2.01. The molecule has 0 aliphatic carbocycles. The van der Waals surface area contributed by atoms with Gasteiger partial charge >= 0.3 is 11.7 Å². The minimum Gasteiger partial charge on any atom is -0.480 e. The van der Waals surface area contributed by atoms with Crippen molar-refractivity contribution < 1.29 is 14.7 Å². The van der Waals surface area contributed by atoms with Gasteiger partial charge in [-0.3, -0.25) is 19.4 Å². The van der Waals surface area contributed by atoms with Gasteiger partial charge in [0.1, 0.15) is 17.8 Å². The maximum atomic E-state index is 11.7. The van der Waals surface area contributed by atoms with Gasteiger partial charge in [-0.25, -0.2) is 9.48 Å². The molecule has 0 aromatic carbocycles. The molecular formula is C10H10N6O5. The molecule has 0 fully saturated rings. The van der Waals surface area contributed by atoms with Crippen molar-refractivity contribution in [2.75, 3.05) is 0 Å². The first-order valence-electron chi connectivity index (χ1n) is 5.66. The van der Waals surface area contributed by atoms with E-state index in [-0.39, 0.29) is 18.7 Å². The average Bonchev–Trinajstić information content (AvgIpc) is 2.82. The van der Waals surface area contributed by atoms with Crippen LogP contribution in [0.5, 0.6) is 0 Å². The number of nitrogens with one attached hydrogen (secondary N) is 3. The summed E-state index contributed by atoms with van der Waals surface area (Å²) in [6.45, 7) is -0.391. The van der Waals surface area contributed by atoms with E-state index in [0.717, 1.165) is 10.9 Å². The molecule has 0 aliphatic rings. The van der Waals surface area contributed by atoms with Crippen molar-refractivity contribution in [2.24, 2.45) is 0 Å². The smallest absolute Gasteiger partial charge is 0.325 e. The van der Waals surface area contributed by atoms with Crippen LogP contribution in [0.3, 0.4) is 0 Å². The van der Waals surface area contributed by atoms with Crippen LogP contribution in [0, 0.1) is 0 Å². The van der Waals surface area contributed by atoms with Crippen molar-refractivity contribution >= 4 is 11.9 Å². The second-order valence-corrected chi connectivity index (χ2v) is 3.97. The van der Waals surface area contributed by atoms with Gasteiger partial charge in [0, 0.05) is 6.20 Å². The van der Waals surface area contributed by atoms with Crippen LogP contribution < -0.4 is 16.6 Å². The molecule has 2 aromatic rings. The molecule has 2 heterocycles. The normalized spacial score (nSPS) is 10.3. The van der Waals surface area contributed by atoms with Crippen molar-refractivity contribution in [1.82, 2.24) is 30.3 Å². The third-order valence-electron chi connectivity index (χ3n) is 2.38. The molecule has 0 unspecified atom stereocenters. The standard InChI is InChI=1S/C10H10N6O5/c17-7(18)4-16-3-5(14-15-16)1-11-8(19)6-2-12-10(21)13-9(6)20/h2-3H,1,4H2,(H,11,19)(H,17,18)(H2,12,13,20,21). The number of aromatic nitrogens is 5. The summed E-state index contributed by atoms with van der Waals surface area (Å²) in [5.74, 6) is -1.78. The van der Waals surface area contributed by atoms with Gasteiger partial charge in [0.2, 0.25) is 0 Å². The van der Waals surface area contributed by atoms with Gasteiger partial charge < -0.3 is 15.4 Å². The van der Waals surface area contributed by atoms with Crippen LogP contribution in [0.4, 0.5) is 0 Å². The number of carboxylic acids is 1. The van der Waals surface area contributed by atoms with Crippen LogP contribution in [0.1, 0.15) is 16.1 Å². The Balaban J connectivity index is 2.01. The van der Waals surface area contributed by atoms with Gasteiger partial charge in [-0.1, -0.05) is 5.21 Å². The molecule has 0 radical (unpaired) electrons. The Labute approximate surface area is 115 Å². The summed E-state index contributed by atoms with van der Waals surface area (Å²) in [5, 5.41) is 18.2. The molecule has 2 aromatic heterocycles. The largest absolute Gasteiger partial charge is 0.480 e. The number of aromatic amines is 2. The van der Waals surface area contributed by atoms with E-state index in [2.05, 4.69) is 20.6 Å². The van der Waals surface area contributed by atoms with E-state index in [1.165, 1.54) is 6.20 Å². The summed E-state index contributed by atoms with van der Waals surface area (Å²) in [5.41, 5.74) is -1.46. The molecule has 11 nitrogen and oxygen atoms in total. The Kier molecular flexibility index (Phi) is 3.92. The molecule has 0 saturated heterocycles. The molecule has 0 saturated carbocycles. The molecule has 2 rings (SSSR count). The van der Waals surface area contributed by atoms with Crippen molar-refractivity contribution in [3.63, 3.8) is 0 Å². The second kappa shape index (κ2) is 5.81. The zero-order valence-corrected chi connectivity index (χ0v) is 10.5. The first-order chi connectivity index (χ1) is 9.95. The summed E-state index contributed by atoms with van der Waals surface area (Å²) < 4.78 is 1.09. The van der Waals surface area contributed by atoms with Crippen LogP contribution >= 0.6 is 0 Å². The Morgan fingerprint density at radius 3 is 2.81 bits per heavy atom. The quantitative estimate of drug-likeness (QED) is 0.480. The van der Waals surface area contributed by atoms with E-state index in [0.29, 0.717) is 5.69 Å². The number of H-pyrrole nitrogens is 2. The average molecular weight is 294 g/mol. The zero-order chi connectivity index (χ0) is 15.4. The summed E-state index contributed by atoms with van der Waals surface area (Å²) in [6.07, 6.45) is 2.35. The predicted molar refractivity (Wildman–Crippen MR) is 66.5 cm³/mol. The van der Waals surface area contributed by atoms with E-state index in [4.69, 9.17) is 5.11 Å². The summed E-state index contributed by atoms with van der Waals surface area (Å²) in [7, 11) is 0. The second-order valence-electron chi connectivity index (χ2n) is 3.97. The monoisotopic (exact) mass is 294 g/mol. The van der Waals surface area contributed by atoms with E-state index >= 15 is 0 Å². The highest BCUT2D eigenvalue weighted by Crippen LogP contribution is 1.94. The third kappa shape index (κ3) is 3.62. The molecule has 4 N–H and O–H groups in total. The summed E-state index contributed by atoms with van der Waals surface area (Å²) >= 11 is 0. The zero-order valence-electron chi connectivity index (χ0n) is 10.5. The third-order valence-corrected chi connectivity index (χ3v) is 2.38. The van der Waals surface area contributed by atoms with Crippen LogP contribution in [0.25, 0.3) is 0 Å². The van der Waals surface area contributed by atoms with Crippen molar-refractivity contribution in [3.05, 3.63) is 44.5 Å². The van der Waals surface area contributed by atoms with Crippen molar-refractivity contribution in [2.45, 2.75) is 13.1 Å². The Morgan fingerprint density at radius 1 is 1.38 bits per heavy atom. The fourth-order valence-corrected chi connectivity index (χ4v) is 1.48. The highest BCUT2D eigenvalue weighted by atomic mass is 16.4. The van der Waals surface area contributed by atoms with Gasteiger partial charge in [-0.2, -0.15) is 0 Å². The minimum absolute atomic E-state index is 0.0446. The van der Waals surface area contributed by atoms with Crippen LogP contribution in [-0.2, 0) is 17.9 Å². The van der Waals surface area contributed by atoms with Gasteiger partial charge in [-0.05, 0) is 0 Å². The van der Waals surface area contributed by atoms with Crippen molar-refractivity contribution in [3.8, 4) is 0 Å². The minimum atomic E-state index is -1.07. The molecule has 110 valence electrons. The maximum Gasteiger partial charge on any atom is 0.325 e. The van der Waals surface area contributed by atoms with E-state index < -0.39 is 23.1 Å². The maximum absolute atomic E-state index is 11.7. The molecular weight excluding hydrogens is 284 g/mol. The van der Waals surface area contributed by atoms with E-state index in [9.17, 15) is 19.2 Å². The number of carbonyl (C=O) groups excluding carboxylic acids is 1. The predicted octanol–water partition coefficient (Wildman–Crippen LogP) is -2.33. The molecule has 1 amide bonds. The number of carboxylic acid groups (broad SMARTS) is 1. The molecule has 0 spiro atoms. The van der Waals surface area contributed by atoms with Gasteiger partial charge in [0.15, 0.2) is 0 Å². The number of rotatable bonds is 5. The van der Waals surface area contributed by atoms with Crippen molar-refractivity contribution in [1.29, 1.82) is 0 Å². The Hall–Kier alpha value is -3.24. The van der Waals surface area contributed by atoms with Gasteiger partial charge in [-0.15, -0.1) is 5.10 Å². The van der Waals surface area contributed by atoms with E-state index in [1.54, 1.807) is 0 Å². The molecule has 11 heteroatoms. The number of hydrogen-bond donors (Lipinski definition) is 4. The molecule has 0 bridgehead atoms. The lowest BCUT2D eigenvalue weighted by atomic mass is 10.3. The number of hydrogen-bond acceptors (Lipinski definition) is 6. The number of nitrogens with zero attached hydrogens (tertiary/aromatic N) is 3. The molecule has 21 heavy (non-hydrogen) atoms. The first-order valence-corrected chi connectivity index (χ1v) is 5.66. The van der Waals surface area contributed by atoms with E-state index in [1.807, 2.05) is 4.98 Å². The Morgan fingerprint density at radius 2 is 2.14 bits per heavy atom. The number of aliphatic carboxylic acids is 1. The van der Waals surface area contributed by atoms with Crippen LogP contribution in [-0.4, -0.2) is 41.9 Å². The SMILES string of the molecule is O=C(O)Cn1cc(CNC(=O)c2c[nH]c(=O)[nH]c2=O)nn1. The first kappa shape index (κ1) is 14.2. The van der Waals surface area contributed by atoms with Crippen LogP contribution in [0.2, 0.25) is 0 Å². The molecule has 0 atom stereocenters. The summed E-state index contributed by atoms with van der Waals surface area (Å²) in [4.78, 5) is 48.5. The highest BCUT2D eigenvalue weighted by Gasteiger charge is 2.11. The Bertz CT molecular complexity index is 787. The summed E-state index contributed by atoms with van der Waals surface area (Å²) in [6, 6.07) is 0. The fraction of sp³-hybridized carbons (Fsp3) is 0.200. The van der Waals surface area contributed by atoms with Crippen LogP contribution in [0.15, 0.2) is 22.0 Å². The lowest BCUT2D eigenvalue weighted by Crippen LogP contribution is -2.33. The van der Waals surface area contributed by atoms with Gasteiger partial charge in [0.25, 0.3) is 11.5 Å².